The number of halogens is 2. The van der Waals surface area contributed by atoms with E-state index in [0.29, 0.717) is 5.76 Å². The molecule has 0 aliphatic rings. The van der Waals surface area contributed by atoms with E-state index in [-0.39, 0.29) is 18.0 Å². The first-order chi connectivity index (χ1) is 9.65. The Morgan fingerprint density at radius 1 is 1.25 bits per heavy atom. The van der Waals surface area contributed by atoms with Crippen LogP contribution >= 0.6 is 0 Å². The normalized spacial score (nSPS) is 10.3. The second-order valence-electron chi connectivity index (χ2n) is 3.76. The Kier molecular flexibility index (Phi) is 4.54. The van der Waals surface area contributed by atoms with Crippen LogP contribution in [0.2, 0.25) is 0 Å². The molecule has 0 atom stereocenters. The second kappa shape index (κ2) is 6.55. The van der Waals surface area contributed by atoms with Crippen molar-refractivity contribution in [3.8, 4) is 5.75 Å². The fraction of sp³-hybridized carbons (Fsp3) is 0.154. The van der Waals surface area contributed by atoms with Crippen molar-refractivity contribution in [3.63, 3.8) is 0 Å². The van der Waals surface area contributed by atoms with E-state index >= 15 is 0 Å². The molecule has 2 N–H and O–H groups in total. The van der Waals surface area contributed by atoms with Gasteiger partial charge in [0.1, 0.15) is 11.5 Å². The first kappa shape index (κ1) is 13.9. The Balaban J connectivity index is 1.93. The summed E-state index contributed by atoms with van der Waals surface area (Å²) in [5.74, 6) is 0.480. The minimum atomic E-state index is -2.95. The van der Waals surface area contributed by atoms with Gasteiger partial charge in [-0.05, 0) is 24.3 Å². The fourth-order valence-electron chi connectivity index (χ4n) is 1.52. The van der Waals surface area contributed by atoms with Crippen molar-refractivity contribution in [2.24, 2.45) is 0 Å². The molecule has 1 aromatic carbocycles. The highest BCUT2D eigenvalue weighted by molar-refractivity contribution is 5.90. The summed E-state index contributed by atoms with van der Waals surface area (Å²) in [5, 5.41) is 4.96. The molecule has 2 rings (SSSR count). The summed E-state index contributed by atoms with van der Waals surface area (Å²) in [7, 11) is 0. The fourth-order valence-corrected chi connectivity index (χ4v) is 1.52. The molecule has 5 nitrogen and oxygen atoms in total. The third-order valence-corrected chi connectivity index (χ3v) is 2.35. The number of urea groups is 1. The predicted molar refractivity (Wildman–Crippen MR) is 67.6 cm³/mol. The van der Waals surface area contributed by atoms with Crippen LogP contribution in [0.5, 0.6) is 5.75 Å². The first-order valence-electron chi connectivity index (χ1n) is 5.76. The van der Waals surface area contributed by atoms with Crippen LogP contribution in [0.4, 0.5) is 19.3 Å². The van der Waals surface area contributed by atoms with Gasteiger partial charge >= 0.3 is 12.6 Å². The van der Waals surface area contributed by atoms with Crippen LogP contribution < -0.4 is 15.4 Å². The number of carbonyl (C=O) groups is 1. The zero-order chi connectivity index (χ0) is 14.4. The van der Waals surface area contributed by atoms with Gasteiger partial charge in [0.2, 0.25) is 0 Å². The predicted octanol–water partition coefficient (Wildman–Crippen LogP) is 3.20. The van der Waals surface area contributed by atoms with Gasteiger partial charge in [-0.2, -0.15) is 8.78 Å². The van der Waals surface area contributed by atoms with Gasteiger partial charge < -0.3 is 19.8 Å². The van der Waals surface area contributed by atoms with Gasteiger partial charge in [0.25, 0.3) is 0 Å². The quantitative estimate of drug-likeness (QED) is 0.885. The molecule has 0 unspecified atom stereocenters. The molecule has 0 radical (unpaired) electrons. The first-order valence-corrected chi connectivity index (χ1v) is 5.76. The molecule has 0 saturated carbocycles. The SMILES string of the molecule is O=C(NCc1ccco1)Nc1ccccc1OC(F)F. The Morgan fingerprint density at radius 3 is 2.75 bits per heavy atom. The highest BCUT2D eigenvalue weighted by atomic mass is 19.3. The zero-order valence-electron chi connectivity index (χ0n) is 10.3. The lowest BCUT2D eigenvalue weighted by molar-refractivity contribution is -0.0493. The monoisotopic (exact) mass is 282 g/mol. The minimum absolute atomic E-state index is 0.101. The summed E-state index contributed by atoms with van der Waals surface area (Å²) in [6.07, 6.45) is 1.49. The maximum Gasteiger partial charge on any atom is 0.387 e. The molecule has 2 aromatic rings. The van der Waals surface area contributed by atoms with Gasteiger partial charge in [-0.15, -0.1) is 0 Å². The molecule has 1 heterocycles. The van der Waals surface area contributed by atoms with E-state index in [1.54, 1.807) is 18.2 Å². The van der Waals surface area contributed by atoms with Crippen LogP contribution in [-0.2, 0) is 6.54 Å². The van der Waals surface area contributed by atoms with Crippen LogP contribution in [0.3, 0.4) is 0 Å². The number of alkyl halides is 2. The number of anilines is 1. The molecule has 20 heavy (non-hydrogen) atoms. The van der Waals surface area contributed by atoms with Crippen molar-refractivity contribution in [3.05, 3.63) is 48.4 Å². The number of furan rings is 1. The van der Waals surface area contributed by atoms with Gasteiger partial charge in [-0.1, -0.05) is 12.1 Å². The number of rotatable bonds is 5. The lowest BCUT2D eigenvalue weighted by Crippen LogP contribution is -2.28. The molecule has 106 valence electrons. The highest BCUT2D eigenvalue weighted by Gasteiger charge is 2.11. The van der Waals surface area contributed by atoms with E-state index in [9.17, 15) is 13.6 Å². The average molecular weight is 282 g/mol. The van der Waals surface area contributed by atoms with Gasteiger partial charge in [-0.25, -0.2) is 4.79 Å². The summed E-state index contributed by atoms with van der Waals surface area (Å²) < 4.78 is 33.8. The molecule has 0 aliphatic carbocycles. The lowest BCUT2D eigenvalue weighted by Gasteiger charge is -2.11. The van der Waals surface area contributed by atoms with Crippen LogP contribution in [0.1, 0.15) is 5.76 Å². The van der Waals surface area contributed by atoms with Gasteiger partial charge in [0, 0.05) is 0 Å². The topological polar surface area (TPSA) is 63.5 Å². The Morgan fingerprint density at radius 2 is 2.05 bits per heavy atom. The molecule has 0 fully saturated rings. The van der Waals surface area contributed by atoms with Crippen molar-refractivity contribution in [1.29, 1.82) is 0 Å². The molecule has 2 amide bonds. The van der Waals surface area contributed by atoms with Crippen molar-refractivity contribution in [2.75, 3.05) is 5.32 Å². The third-order valence-electron chi connectivity index (χ3n) is 2.35. The number of ether oxygens (including phenoxy) is 1. The smallest absolute Gasteiger partial charge is 0.387 e. The van der Waals surface area contributed by atoms with Crippen LogP contribution in [0.15, 0.2) is 47.1 Å². The van der Waals surface area contributed by atoms with Crippen LogP contribution in [0, 0.1) is 0 Å². The number of hydrogen-bond acceptors (Lipinski definition) is 3. The summed E-state index contributed by atoms with van der Waals surface area (Å²) in [5.41, 5.74) is 0.157. The van der Waals surface area contributed by atoms with Gasteiger partial charge in [-0.3, -0.25) is 0 Å². The number of hydrogen-bond donors (Lipinski definition) is 2. The van der Waals surface area contributed by atoms with Crippen molar-refractivity contribution in [1.82, 2.24) is 5.32 Å². The van der Waals surface area contributed by atoms with Crippen LogP contribution in [-0.4, -0.2) is 12.6 Å². The van der Waals surface area contributed by atoms with Gasteiger partial charge in [0.15, 0.2) is 0 Å². The van der Waals surface area contributed by atoms with Crippen molar-refractivity contribution < 1.29 is 22.7 Å². The molecule has 0 bridgehead atoms. The Hall–Kier alpha value is -2.57. The highest BCUT2D eigenvalue weighted by Crippen LogP contribution is 2.25. The van der Waals surface area contributed by atoms with E-state index in [1.807, 2.05) is 0 Å². The maximum absolute atomic E-state index is 12.2. The Bertz CT molecular complexity index is 559. The van der Waals surface area contributed by atoms with E-state index in [4.69, 9.17) is 4.42 Å². The zero-order valence-corrected chi connectivity index (χ0v) is 10.3. The summed E-state index contributed by atoms with van der Waals surface area (Å²) in [6.45, 7) is -2.76. The third kappa shape index (κ3) is 3.98. The number of benzene rings is 1. The lowest BCUT2D eigenvalue weighted by atomic mass is 10.3. The standard InChI is InChI=1S/C13H12F2N2O3/c14-12(15)20-11-6-2-1-5-10(11)17-13(18)16-8-9-4-3-7-19-9/h1-7,12H,8H2,(H2,16,17,18). The molecule has 1 aromatic heterocycles. The second-order valence-corrected chi connectivity index (χ2v) is 3.76. The number of nitrogens with one attached hydrogen (secondary N) is 2. The molecule has 7 heteroatoms. The number of carbonyl (C=O) groups excluding carboxylic acids is 1. The van der Waals surface area contributed by atoms with E-state index < -0.39 is 12.6 Å². The molecule has 0 spiro atoms. The van der Waals surface area contributed by atoms with E-state index in [1.165, 1.54) is 24.5 Å². The van der Waals surface area contributed by atoms with E-state index in [0.717, 1.165) is 0 Å². The largest absolute Gasteiger partial charge is 0.467 e. The van der Waals surface area contributed by atoms with Crippen LogP contribution in [0.25, 0.3) is 0 Å². The summed E-state index contributed by atoms with van der Waals surface area (Å²) in [6, 6.07) is 8.78. The summed E-state index contributed by atoms with van der Waals surface area (Å²) >= 11 is 0. The minimum Gasteiger partial charge on any atom is -0.467 e. The molecular weight excluding hydrogens is 270 g/mol. The average Bonchev–Trinajstić information content (AvgIpc) is 2.91. The Labute approximate surface area is 113 Å². The summed E-state index contributed by atoms with van der Waals surface area (Å²) in [4.78, 5) is 11.6. The number of amides is 2. The van der Waals surface area contributed by atoms with Gasteiger partial charge in [0.05, 0.1) is 18.5 Å². The van der Waals surface area contributed by atoms with Crippen molar-refractivity contribution in [2.45, 2.75) is 13.2 Å². The molecule has 0 aliphatic heterocycles. The molecular formula is C13H12F2N2O3. The molecule has 0 saturated heterocycles. The van der Waals surface area contributed by atoms with Crippen molar-refractivity contribution >= 4 is 11.7 Å². The maximum atomic E-state index is 12.2. The number of para-hydroxylation sites is 2. The van der Waals surface area contributed by atoms with E-state index in [2.05, 4.69) is 15.4 Å².